The molecule has 0 aliphatic carbocycles. The molecule has 0 saturated heterocycles. The van der Waals surface area contributed by atoms with E-state index >= 15 is 0 Å². The van der Waals surface area contributed by atoms with E-state index in [-0.39, 0.29) is 23.3 Å². The minimum Gasteiger partial charge on any atom is -0.319 e. The fraction of sp³-hybridized carbons (Fsp3) is 0.278. The molecule has 1 amide bonds. The van der Waals surface area contributed by atoms with Gasteiger partial charge in [-0.05, 0) is 30.5 Å². The van der Waals surface area contributed by atoms with Crippen LogP contribution in [0.25, 0.3) is 0 Å². The number of nitrogens with zero attached hydrogens (tertiary/aromatic N) is 2. The second kappa shape index (κ2) is 6.80. The zero-order chi connectivity index (χ0) is 17.1. The van der Waals surface area contributed by atoms with Crippen LogP contribution >= 0.6 is 0 Å². The Labute approximate surface area is 140 Å². The highest BCUT2D eigenvalue weighted by atomic mass is 16.6. The van der Waals surface area contributed by atoms with Gasteiger partial charge in [-0.1, -0.05) is 36.4 Å². The molecule has 1 aliphatic heterocycles. The van der Waals surface area contributed by atoms with Crippen LogP contribution in [-0.2, 0) is 17.8 Å². The summed E-state index contributed by atoms with van der Waals surface area (Å²) in [6, 6.07) is 14.0. The van der Waals surface area contributed by atoms with Gasteiger partial charge in [-0.2, -0.15) is 0 Å². The lowest BCUT2D eigenvalue weighted by atomic mass is 9.99. The van der Waals surface area contributed by atoms with E-state index in [1.54, 1.807) is 18.2 Å². The topological polar surface area (TPSA) is 75.5 Å². The molecule has 0 spiro atoms. The molecule has 24 heavy (non-hydrogen) atoms. The van der Waals surface area contributed by atoms with Crippen molar-refractivity contribution in [1.29, 1.82) is 0 Å². The molecule has 6 nitrogen and oxygen atoms in total. The van der Waals surface area contributed by atoms with Crippen LogP contribution in [0.1, 0.15) is 18.1 Å². The van der Waals surface area contributed by atoms with Crippen molar-refractivity contribution >= 4 is 17.3 Å². The Morgan fingerprint density at radius 3 is 2.58 bits per heavy atom. The van der Waals surface area contributed by atoms with E-state index in [0.29, 0.717) is 6.54 Å². The molecular formula is C18H19N3O3. The molecule has 1 atom stereocenters. The number of para-hydroxylation sites is 2. The van der Waals surface area contributed by atoms with E-state index in [2.05, 4.69) is 22.3 Å². The van der Waals surface area contributed by atoms with E-state index in [1.165, 1.54) is 17.2 Å². The summed E-state index contributed by atoms with van der Waals surface area (Å²) in [6.45, 7) is 3.34. The maximum absolute atomic E-state index is 12.5. The van der Waals surface area contributed by atoms with Crippen molar-refractivity contribution in [2.24, 2.45) is 0 Å². The molecule has 0 radical (unpaired) electrons. The number of carbonyl (C=O) groups is 1. The number of rotatable bonds is 4. The molecule has 124 valence electrons. The highest BCUT2D eigenvalue weighted by Gasteiger charge is 2.26. The lowest BCUT2D eigenvalue weighted by Crippen LogP contribution is -2.44. The Kier molecular flexibility index (Phi) is 4.57. The molecule has 3 rings (SSSR count). The second-order valence-electron chi connectivity index (χ2n) is 5.93. The first-order chi connectivity index (χ1) is 11.6. The number of benzene rings is 2. The highest BCUT2D eigenvalue weighted by Crippen LogP contribution is 2.25. The number of nitro benzene ring substituents is 1. The largest absolute Gasteiger partial charge is 0.319 e. The van der Waals surface area contributed by atoms with E-state index in [4.69, 9.17) is 0 Å². The van der Waals surface area contributed by atoms with Crippen molar-refractivity contribution in [2.45, 2.75) is 25.9 Å². The number of hydrogen-bond donors (Lipinski definition) is 1. The van der Waals surface area contributed by atoms with E-state index in [0.717, 1.165) is 13.0 Å². The minimum atomic E-state index is -0.489. The summed E-state index contributed by atoms with van der Waals surface area (Å²) in [5.41, 5.74) is 2.69. The van der Waals surface area contributed by atoms with Crippen molar-refractivity contribution in [1.82, 2.24) is 4.90 Å². The third-order valence-corrected chi connectivity index (χ3v) is 4.45. The van der Waals surface area contributed by atoms with Gasteiger partial charge in [-0.25, -0.2) is 0 Å². The van der Waals surface area contributed by atoms with Crippen molar-refractivity contribution in [3.05, 3.63) is 69.8 Å². The van der Waals surface area contributed by atoms with Crippen LogP contribution < -0.4 is 5.32 Å². The summed E-state index contributed by atoms with van der Waals surface area (Å²) in [6.07, 6.45) is 0.902. The standard InChI is InChI=1S/C18H19N3O3/c1-13(20-11-10-14-6-2-3-7-15(14)12-20)18(22)19-16-8-4-5-9-17(16)21(23)24/h2-9,13H,10-12H2,1H3,(H,19,22)/t13-/m0/s1. The average Bonchev–Trinajstić information content (AvgIpc) is 2.61. The number of fused-ring (bicyclic) bond motifs is 1. The zero-order valence-corrected chi connectivity index (χ0v) is 13.4. The van der Waals surface area contributed by atoms with Crippen LogP contribution in [0.15, 0.2) is 48.5 Å². The molecule has 2 aromatic rings. The molecule has 0 fully saturated rings. The number of nitro groups is 1. The third kappa shape index (κ3) is 3.28. The van der Waals surface area contributed by atoms with Gasteiger partial charge in [0.25, 0.3) is 5.69 Å². The first kappa shape index (κ1) is 16.1. The molecule has 1 aliphatic rings. The highest BCUT2D eigenvalue weighted by molar-refractivity contribution is 5.96. The maximum atomic E-state index is 12.5. The van der Waals surface area contributed by atoms with Crippen LogP contribution in [0.4, 0.5) is 11.4 Å². The van der Waals surface area contributed by atoms with Gasteiger partial charge in [0.05, 0.1) is 11.0 Å². The number of carbonyl (C=O) groups excluding carboxylic acids is 1. The normalized spacial score (nSPS) is 15.4. The monoisotopic (exact) mass is 325 g/mol. The first-order valence-electron chi connectivity index (χ1n) is 7.91. The van der Waals surface area contributed by atoms with Crippen LogP contribution in [0.5, 0.6) is 0 Å². The van der Waals surface area contributed by atoms with Gasteiger partial charge in [-0.15, -0.1) is 0 Å². The Morgan fingerprint density at radius 2 is 1.83 bits per heavy atom. The summed E-state index contributed by atoms with van der Waals surface area (Å²) >= 11 is 0. The van der Waals surface area contributed by atoms with Crippen molar-refractivity contribution in [3.8, 4) is 0 Å². The summed E-state index contributed by atoms with van der Waals surface area (Å²) in [4.78, 5) is 25.2. The number of hydrogen-bond acceptors (Lipinski definition) is 4. The van der Waals surface area contributed by atoms with Gasteiger partial charge in [-0.3, -0.25) is 19.8 Å². The predicted molar refractivity (Wildman–Crippen MR) is 91.7 cm³/mol. The van der Waals surface area contributed by atoms with Gasteiger partial charge in [0, 0.05) is 19.2 Å². The van der Waals surface area contributed by atoms with Crippen LogP contribution in [0.2, 0.25) is 0 Å². The van der Waals surface area contributed by atoms with E-state index in [1.807, 2.05) is 19.1 Å². The fourth-order valence-electron chi connectivity index (χ4n) is 2.99. The predicted octanol–water partition coefficient (Wildman–Crippen LogP) is 2.98. The Balaban J connectivity index is 1.71. The molecule has 0 unspecified atom stereocenters. The van der Waals surface area contributed by atoms with Crippen LogP contribution in [0.3, 0.4) is 0 Å². The lowest BCUT2D eigenvalue weighted by molar-refractivity contribution is -0.383. The Bertz CT molecular complexity index is 776. The molecule has 0 aromatic heterocycles. The van der Waals surface area contributed by atoms with Gasteiger partial charge in [0.15, 0.2) is 0 Å². The molecule has 0 saturated carbocycles. The smallest absolute Gasteiger partial charge is 0.292 e. The molecule has 2 aromatic carbocycles. The SMILES string of the molecule is C[C@@H](C(=O)Nc1ccccc1[N+](=O)[O-])N1CCc2ccccc2C1. The minimum absolute atomic E-state index is 0.0953. The van der Waals surface area contributed by atoms with E-state index in [9.17, 15) is 14.9 Å². The van der Waals surface area contributed by atoms with Gasteiger partial charge >= 0.3 is 0 Å². The summed E-state index contributed by atoms with van der Waals surface area (Å²) in [7, 11) is 0. The van der Waals surface area contributed by atoms with E-state index < -0.39 is 4.92 Å². The lowest BCUT2D eigenvalue weighted by Gasteiger charge is -2.32. The number of anilines is 1. The molecule has 1 N–H and O–H groups in total. The quantitative estimate of drug-likeness (QED) is 0.692. The summed E-state index contributed by atoms with van der Waals surface area (Å²) < 4.78 is 0. The van der Waals surface area contributed by atoms with Crippen molar-refractivity contribution in [2.75, 3.05) is 11.9 Å². The molecular weight excluding hydrogens is 306 g/mol. The number of amides is 1. The Morgan fingerprint density at radius 1 is 1.17 bits per heavy atom. The van der Waals surface area contributed by atoms with Gasteiger partial charge < -0.3 is 5.32 Å². The third-order valence-electron chi connectivity index (χ3n) is 4.45. The fourth-order valence-corrected chi connectivity index (χ4v) is 2.99. The van der Waals surface area contributed by atoms with Crippen molar-refractivity contribution < 1.29 is 9.72 Å². The summed E-state index contributed by atoms with van der Waals surface area (Å²) in [5, 5.41) is 13.7. The average molecular weight is 325 g/mol. The molecule has 6 heteroatoms. The van der Waals surface area contributed by atoms with Gasteiger partial charge in [0.2, 0.25) is 5.91 Å². The van der Waals surface area contributed by atoms with Crippen LogP contribution in [0, 0.1) is 10.1 Å². The second-order valence-corrected chi connectivity index (χ2v) is 5.93. The zero-order valence-electron chi connectivity index (χ0n) is 13.4. The maximum Gasteiger partial charge on any atom is 0.292 e. The molecule has 0 bridgehead atoms. The first-order valence-corrected chi connectivity index (χ1v) is 7.91. The van der Waals surface area contributed by atoms with Crippen LogP contribution in [-0.4, -0.2) is 28.3 Å². The Hall–Kier alpha value is -2.73. The van der Waals surface area contributed by atoms with Crippen molar-refractivity contribution in [3.63, 3.8) is 0 Å². The molecule has 1 heterocycles. The summed E-state index contributed by atoms with van der Waals surface area (Å²) in [5.74, 6) is -0.233. The number of nitrogens with one attached hydrogen (secondary N) is 1. The van der Waals surface area contributed by atoms with Gasteiger partial charge in [0.1, 0.15) is 5.69 Å².